The van der Waals surface area contributed by atoms with Crippen molar-refractivity contribution in [1.29, 1.82) is 0 Å². The number of aryl methyl sites for hydroxylation is 3. The Bertz CT molecular complexity index is 520. The van der Waals surface area contributed by atoms with Crippen LogP contribution >= 0.6 is 11.3 Å². The third-order valence-electron chi connectivity index (χ3n) is 3.82. The maximum absolute atomic E-state index is 3.62. The zero-order valence-electron chi connectivity index (χ0n) is 13.0. The SMILES string of the molecule is CCCc1ccc(C(C)NCc2cc(C)c(C)s2)cc1. The molecule has 1 unspecified atom stereocenters. The molecule has 2 aromatic rings. The Kier molecular flexibility index (Phi) is 5.38. The average Bonchev–Trinajstić information content (AvgIpc) is 2.76. The van der Waals surface area contributed by atoms with Crippen LogP contribution < -0.4 is 5.32 Å². The zero-order chi connectivity index (χ0) is 14.5. The normalized spacial score (nSPS) is 12.6. The average molecular weight is 287 g/mol. The van der Waals surface area contributed by atoms with Gasteiger partial charge in [0.25, 0.3) is 0 Å². The number of thiophene rings is 1. The molecule has 108 valence electrons. The van der Waals surface area contributed by atoms with Gasteiger partial charge in [0.2, 0.25) is 0 Å². The van der Waals surface area contributed by atoms with Crippen LogP contribution in [0.4, 0.5) is 0 Å². The van der Waals surface area contributed by atoms with Crippen LogP contribution in [0.15, 0.2) is 30.3 Å². The predicted molar refractivity (Wildman–Crippen MR) is 89.5 cm³/mol. The van der Waals surface area contributed by atoms with E-state index in [1.165, 1.54) is 39.3 Å². The molecule has 0 aliphatic carbocycles. The molecular weight excluding hydrogens is 262 g/mol. The minimum Gasteiger partial charge on any atom is -0.305 e. The second-order valence-electron chi connectivity index (χ2n) is 5.55. The van der Waals surface area contributed by atoms with Crippen LogP contribution in [-0.2, 0) is 13.0 Å². The Morgan fingerprint density at radius 2 is 1.85 bits per heavy atom. The number of nitrogens with one attached hydrogen (secondary N) is 1. The molecule has 0 amide bonds. The van der Waals surface area contributed by atoms with Crippen molar-refractivity contribution in [1.82, 2.24) is 5.32 Å². The second kappa shape index (κ2) is 7.05. The van der Waals surface area contributed by atoms with Gasteiger partial charge < -0.3 is 5.32 Å². The molecule has 0 spiro atoms. The monoisotopic (exact) mass is 287 g/mol. The molecule has 20 heavy (non-hydrogen) atoms. The highest BCUT2D eigenvalue weighted by molar-refractivity contribution is 7.12. The molecule has 2 heteroatoms. The lowest BCUT2D eigenvalue weighted by Gasteiger charge is -2.14. The maximum atomic E-state index is 3.62. The van der Waals surface area contributed by atoms with E-state index in [0.717, 1.165) is 6.54 Å². The van der Waals surface area contributed by atoms with Gasteiger partial charge in [0.1, 0.15) is 0 Å². The summed E-state index contributed by atoms with van der Waals surface area (Å²) in [7, 11) is 0. The summed E-state index contributed by atoms with van der Waals surface area (Å²) in [4.78, 5) is 2.85. The molecule has 0 saturated carbocycles. The van der Waals surface area contributed by atoms with Gasteiger partial charge in [0, 0.05) is 22.3 Å². The van der Waals surface area contributed by atoms with Gasteiger partial charge in [-0.3, -0.25) is 0 Å². The van der Waals surface area contributed by atoms with Crippen molar-refractivity contribution in [3.05, 3.63) is 56.8 Å². The third-order valence-corrected chi connectivity index (χ3v) is 4.97. The predicted octanol–water partition coefficient (Wildman–Crippen LogP) is 5.17. The Morgan fingerprint density at radius 3 is 2.40 bits per heavy atom. The Labute approximate surface area is 127 Å². The van der Waals surface area contributed by atoms with Crippen molar-refractivity contribution in [3.8, 4) is 0 Å². The van der Waals surface area contributed by atoms with E-state index in [9.17, 15) is 0 Å². The van der Waals surface area contributed by atoms with Crippen molar-refractivity contribution < 1.29 is 0 Å². The largest absolute Gasteiger partial charge is 0.305 e. The summed E-state index contributed by atoms with van der Waals surface area (Å²) in [6, 6.07) is 11.7. The molecule has 0 fully saturated rings. The van der Waals surface area contributed by atoms with Crippen LogP contribution in [0.25, 0.3) is 0 Å². The first kappa shape index (κ1) is 15.3. The highest BCUT2D eigenvalue weighted by atomic mass is 32.1. The summed E-state index contributed by atoms with van der Waals surface area (Å²) < 4.78 is 0. The molecule has 0 bridgehead atoms. The smallest absolute Gasteiger partial charge is 0.0305 e. The Hall–Kier alpha value is -1.12. The molecule has 1 N–H and O–H groups in total. The van der Waals surface area contributed by atoms with E-state index in [2.05, 4.69) is 63.3 Å². The van der Waals surface area contributed by atoms with Crippen LogP contribution in [0, 0.1) is 13.8 Å². The van der Waals surface area contributed by atoms with E-state index in [1.54, 1.807) is 0 Å². The zero-order valence-corrected chi connectivity index (χ0v) is 13.8. The first-order valence-corrected chi connectivity index (χ1v) is 8.30. The van der Waals surface area contributed by atoms with Crippen LogP contribution in [0.2, 0.25) is 0 Å². The minimum absolute atomic E-state index is 0.397. The summed E-state index contributed by atoms with van der Waals surface area (Å²) >= 11 is 1.90. The molecule has 2 rings (SSSR count). The van der Waals surface area contributed by atoms with Gasteiger partial charge in [0.15, 0.2) is 0 Å². The van der Waals surface area contributed by atoms with Crippen molar-refractivity contribution in [2.75, 3.05) is 0 Å². The molecular formula is C18H25NS. The fourth-order valence-corrected chi connectivity index (χ4v) is 3.37. The number of rotatable bonds is 6. The fourth-order valence-electron chi connectivity index (χ4n) is 2.37. The molecule has 0 saturated heterocycles. The third kappa shape index (κ3) is 3.94. The van der Waals surface area contributed by atoms with Gasteiger partial charge in [-0.2, -0.15) is 0 Å². The van der Waals surface area contributed by atoms with E-state index in [0.29, 0.717) is 6.04 Å². The van der Waals surface area contributed by atoms with Crippen LogP contribution in [-0.4, -0.2) is 0 Å². The van der Waals surface area contributed by atoms with Crippen molar-refractivity contribution in [2.24, 2.45) is 0 Å². The van der Waals surface area contributed by atoms with Gasteiger partial charge in [-0.25, -0.2) is 0 Å². The quantitative estimate of drug-likeness (QED) is 0.773. The summed E-state index contributed by atoms with van der Waals surface area (Å²) in [5, 5.41) is 3.62. The Balaban J connectivity index is 1.92. The van der Waals surface area contributed by atoms with Crippen LogP contribution in [0.3, 0.4) is 0 Å². The van der Waals surface area contributed by atoms with E-state index in [4.69, 9.17) is 0 Å². The minimum atomic E-state index is 0.397. The fraction of sp³-hybridized carbons (Fsp3) is 0.444. The van der Waals surface area contributed by atoms with Gasteiger partial charge in [-0.15, -0.1) is 11.3 Å². The Morgan fingerprint density at radius 1 is 1.15 bits per heavy atom. The summed E-state index contributed by atoms with van der Waals surface area (Å²) in [5.41, 5.74) is 4.21. The maximum Gasteiger partial charge on any atom is 0.0305 e. The van der Waals surface area contributed by atoms with Gasteiger partial charge in [-0.05, 0) is 49.9 Å². The molecule has 1 aromatic carbocycles. The van der Waals surface area contributed by atoms with Crippen LogP contribution in [0.1, 0.15) is 52.8 Å². The lowest BCUT2D eigenvalue weighted by Crippen LogP contribution is -2.17. The highest BCUT2D eigenvalue weighted by Gasteiger charge is 2.07. The summed E-state index contributed by atoms with van der Waals surface area (Å²) in [6.45, 7) is 9.80. The first-order chi connectivity index (χ1) is 9.60. The first-order valence-electron chi connectivity index (χ1n) is 7.48. The van der Waals surface area contributed by atoms with Gasteiger partial charge in [-0.1, -0.05) is 37.6 Å². The van der Waals surface area contributed by atoms with Gasteiger partial charge in [0.05, 0.1) is 0 Å². The van der Waals surface area contributed by atoms with E-state index >= 15 is 0 Å². The molecule has 1 atom stereocenters. The molecule has 1 nitrogen and oxygen atoms in total. The van der Waals surface area contributed by atoms with Gasteiger partial charge >= 0.3 is 0 Å². The lowest BCUT2D eigenvalue weighted by molar-refractivity contribution is 0.578. The van der Waals surface area contributed by atoms with E-state index in [1.807, 2.05) is 11.3 Å². The topological polar surface area (TPSA) is 12.0 Å². The van der Waals surface area contributed by atoms with E-state index < -0.39 is 0 Å². The molecule has 1 aromatic heterocycles. The van der Waals surface area contributed by atoms with Crippen molar-refractivity contribution >= 4 is 11.3 Å². The second-order valence-corrected chi connectivity index (χ2v) is 6.89. The number of benzene rings is 1. The van der Waals surface area contributed by atoms with E-state index in [-0.39, 0.29) is 0 Å². The van der Waals surface area contributed by atoms with Crippen molar-refractivity contribution in [3.63, 3.8) is 0 Å². The molecule has 0 aliphatic rings. The number of hydrogen-bond donors (Lipinski definition) is 1. The molecule has 1 heterocycles. The van der Waals surface area contributed by atoms with Crippen LogP contribution in [0.5, 0.6) is 0 Å². The summed E-state index contributed by atoms with van der Waals surface area (Å²) in [5.74, 6) is 0. The standard InChI is InChI=1S/C18H25NS/c1-5-6-16-7-9-17(10-8-16)14(3)19-12-18-11-13(2)15(4)20-18/h7-11,14,19H,5-6,12H2,1-4H3. The molecule has 0 radical (unpaired) electrons. The highest BCUT2D eigenvalue weighted by Crippen LogP contribution is 2.21. The van der Waals surface area contributed by atoms with Crippen molar-refractivity contribution in [2.45, 2.75) is 53.1 Å². The lowest BCUT2D eigenvalue weighted by atomic mass is 10.0. The molecule has 0 aliphatic heterocycles. The number of hydrogen-bond acceptors (Lipinski definition) is 2. The summed E-state index contributed by atoms with van der Waals surface area (Å²) in [6.07, 6.45) is 2.39.